The van der Waals surface area contributed by atoms with E-state index in [0.29, 0.717) is 39.4 Å². The van der Waals surface area contributed by atoms with E-state index in [1.807, 2.05) is 57.0 Å². The minimum atomic E-state index is -4.48. The van der Waals surface area contributed by atoms with Crippen molar-refractivity contribution in [2.24, 2.45) is 0 Å². The Labute approximate surface area is 812 Å². The molecule has 4 aromatic carbocycles. The molecular weight excluding hydrogens is 1960 g/mol. The zero-order valence-corrected chi connectivity index (χ0v) is 84.2. The number of pyridine rings is 3. The number of carbonyl (C=O) groups excluding carboxylic acids is 21. The lowest BCUT2D eigenvalue weighted by Gasteiger charge is -2.19. The van der Waals surface area contributed by atoms with Crippen molar-refractivity contribution >= 4 is 241 Å². The van der Waals surface area contributed by atoms with E-state index in [-0.39, 0.29) is 34.5 Å². The Morgan fingerprint density at radius 1 is 0.292 bits per heavy atom. The molecule has 0 atom stereocenters. The van der Waals surface area contributed by atoms with Crippen molar-refractivity contribution < 1.29 is 140 Å². The summed E-state index contributed by atoms with van der Waals surface area (Å²) in [7, 11) is -1.31. The number of aromatic nitrogens is 9. The molecule has 0 aliphatic rings. The maximum Gasteiger partial charge on any atom is 0.460 e. The van der Waals surface area contributed by atoms with Gasteiger partial charge in [0.05, 0.1) is 17.4 Å². The van der Waals surface area contributed by atoms with E-state index in [2.05, 4.69) is 15.3 Å². The highest BCUT2D eigenvalue weighted by Gasteiger charge is 2.39. The molecule has 137 heavy (non-hydrogen) atoms. The van der Waals surface area contributed by atoms with Gasteiger partial charge in [0.25, 0.3) is 45.1 Å². The first-order chi connectivity index (χ1) is 63.5. The van der Waals surface area contributed by atoms with Crippen LogP contribution in [0.3, 0.4) is 0 Å². The van der Waals surface area contributed by atoms with E-state index in [1.165, 1.54) is 186 Å². The summed E-state index contributed by atoms with van der Waals surface area (Å²) in [4.78, 5) is 241. The molecule has 42 nitrogen and oxygen atoms in total. The van der Waals surface area contributed by atoms with Gasteiger partial charge in [0, 0.05) is 175 Å². The molecule has 0 saturated heterocycles. The molecule has 0 unspecified atom stereocenters. The number of nitrogens with zero attached hydrogens (tertiary/aromatic N) is 15. The Morgan fingerprint density at radius 3 is 0.657 bits per heavy atom. The van der Waals surface area contributed by atoms with E-state index < -0.39 is 153 Å². The minimum Gasteiger partial charge on any atom is -0.377 e. The highest BCUT2D eigenvalue weighted by atomic mass is 32.2. The van der Waals surface area contributed by atoms with E-state index in [9.17, 15) is 126 Å². The average Bonchev–Trinajstić information content (AvgIpc) is 1.51. The summed E-state index contributed by atoms with van der Waals surface area (Å²) in [6.45, 7) is 15.3. The first-order valence-corrected chi connectivity index (χ1v) is 47.4. The molecule has 0 spiro atoms. The predicted octanol–water partition coefficient (Wildman–Crippen LogP) is 6.48. The van der Waals surface area contributed by atoms with Crippen molar-refractivity contribution in [1.82, 2.24) is 42.3 Å². The number of aryl methyl sites for hydroxylation is 3. The molecule has 0 radical (unpaired) electrons. The minimum absolute atomic E-state index is 0.0116. The first kappa shape index (κ1) is 118. The largest absolute Gasteiger partial charge is 0.460 e. The molecular formula is C86H92N15O27S9+3. The number of sulfonamides is 3. The quantitative estimate of drug-likeness (QED) is 0.0474. The molecule has 0 bridgehead atoms. The molecule has 6 amide bonds. The fourth-order valence-electron chi connectivity index (χ4n) is 9.37. The molecule has 0 saturated carbocycles. The van der Waals surface area contributed by atoms with Gasteiger partial charge in [-0.3, -0.25) is 86.3 Å². The zero-order chi connectivity index (χ0) is 105. The van der Waals surface area contributed by atoms with Crippen LogP contribution in [0.4, 0.5) is 17.1 Å². The Morgan fingerprint density at radius 2 is 0.489 bits per heavy atom. The zero-order valence-electron chi connectivity index (χ0n) is 76.9. The number of carbonyl (C=O) groups is 21. The van der Waals surface area contributed by atoms with E-state index in [1.54, 1.807) is 119 Å². The van der Waals surface area contributed by atoms with Gasteiger partial charge in [-0.05, 0) is 106 Å². The third-order valence-electron chi connectivity index (χ3n) is 16.0. The molecule has 0 N–H and O–H groups in total. The lowest BCUT2D eigenvalue weighted by atomic mass is 10.2. The van der Waals surface area contributed by atoms with Crippen molar-refractivity contribution in [1.29, 1.82) is 0 Å². The van der Waals surface area contributed by atoms with Crippen LogP contribution in [0.2, 0.25) is 0 Å². The lowest BCUT2D eigenvalue weighted by molar-refractivity contribution is -0.569. The van der Waals surface area contributed by atoms with Gasteiger partial charge in [-0.25, -0.2) is 39.6 Å². The maximum atomic E-state index is 12.6. The van der Waals surface area contributed by atoms with Gasteiger partial charge >= 0.3 is 53.2 Å². The summed E-state index contributed by atoms with van der Waals surface area (Å²) in [5.41, 5.74) is 2.96. The Bertz CT molecular complexity index is 6350. The third kappa shape index (κ3) is 37.3. The second-order valence-corrected chi connectivity index (χ2v) is 38.8. The van der Waals surface area contributed by atoms with Crippen LogP contribution in [0.5, 0.6) is 0 Å². The molecule has 0 aliphatic heterocycles. The van der Waals surface area contributed by atoms with Crippen molar-refractivity contribution in [3.8, 4) is 0 Å². The molecule has 724 valence electrons. The van der Waals surface area contributed by atoms with Gasteiger partial charge < -0.3 is 14.7 Å². The highest BCUT2D eigenvalue weighted by molar-refractivity contribution is 7.90. The topological polar surface area (TPSA) is 545 Å². The van der Waals surface area contributed by atoms with Crippen LogP contribution in [-0.2, 0) is 87.6 Å². The number of hydrogen-bond acceptors (Lipinski definition) is 39. The van der Waals surface area contributed by atoms with Crippen molar-refractivity contribution in [3.05, 3.63) is 238 Å². The summed E-state index contributed by atoms with van der Waals surface area (Å²) < 4.78 is 78.5. The number of ketones is 9. The van der Waals surface area contributed by atoms with Gasteiger partial charge in [0.2, 0.25) is 54.7 Å². The van der Waals surface area contributed by atoms with E-state index >= 15 is 0 Å². The monoisotopic (exact) mass is 2050 g/mol. The second-order valence-electron chi connectivity index (χ2n) is 27.9. The SMILES string of the molecule is CC(=O)C(=O)N(C(=O)c1ccccc1)S(=O)(=O)c1ccccc1.CC(=O)C(=O)N(C(=O)c1ccccc1)S(C)(=O)=O.CC(=O)C(=O)N(C(=O)c1ccccc1)S(C)(=O)=O.CC(=O)C(=O)[n+]1ccc(N(C)C)cc1.CC(=O)C(=O)[n+]1ccc(N(C)C)cc1.CC(=O)C(=O)[n+]1ccc(N(C)C)cc1.CC(=O)C(=O)n1nc(C)sc1=S.CC(=O)C(=O)n1nc(C)sc1=S.CC(=O)C(=O)n1nc(C)sc1=S. The van der Waals surface area contributed by atoms with Crippen LogP contribution >= 0.6 is 70.7 Å². The number of hydrogen-bond donors (Lipinski definition) is 0. The van der Waals surface area contributed by atoms with Gasteiger partial charge in [-0.1, -0.05) is 107 Å². The summed E-state index contributed by atoms with van der Waals surface area (Å²) in [6, 6.07) is 39.8. The number of benzene rings is 4. The van der Waals surface area contributed by atoms with Crippen LogP contribution in [0, 0.1) is 32.6 Å². The number of imide groups is 3. The Hall–Kier alpha value is -14.6. The average molecular weight is 2060 g/mol. The number of rotatable bonds is 19. The molecule has 0 aliphatic carbocycles. The van der Waals surface area contributed by atoms with Crippen LogP contribution in [0.15, 0.2) is 200 Å². The van der Waals surface area contributed by atoms with E-state index in [0.717, 1.165) is 51.9 Å². The van der Waals surface area contributed by atoms with Crippen LogP contribution in [-0.4, -0.2) is 245 Å². The Balaban J connectivity index is 0.000000526. The van der Waals surface area contributed by atoms with Crippen molar-refractivity contribution in [2.45, 2.75) is 88.0 Å². The molecule has 10 rings (SSSR count). The normalized spacial score (nSPS) is 10.2. The summed E-state index contributed by atoms with van der Waals surface area (Å²) >= 11 is 18.1. The van der Waals surface area contributed by atoms with Gasteiger partial charge in [-0.2, -0.15) is 42.3 Å². The number of anilines is 3. The summed E-state index contributed by atoms with van der Waals surface area (Å²) in [5, 5.41) is 13.4. The molecule has 6 heterocycles. The first-order valence-electron chi connectivity index (χ1n) is 38.6. The van der Waals surface area contributed by atoms with Crippen molar-refractivity contribution in [2.75, 3.05) is 69.5 Å². The van der Waals surface area contributed by atoms with E-state index in [4.69, 9.17) is 36.7 Å². The fraction of sp³-hybridized carbons (Fsp3) is 0.233. The van der Waals surface area contributed by atoms with Gasteiger partial charge in [0.15, 0.2) is 49.0 Å². The van der Waals surface area contributed by atoms with Crippen molar-refractivity contribution in [3.63, 3.8) is 0 Å². The standard InChI is InChI=1S/C16H13NO5S.2C11H11NO5S.3C10H13N2O2.3C6H6N2O2S2/c1-12(18)15(19)17(16(20)13-8-4-2-5-9-13)23(21,22)14-10-6-3-7-11-14;2*1-8(13)10(14)12(18(2,16)17)11(15)9-6-4-3-5-7-9;3*1-8(13)10(14)12-6-4-9(5-7-12)11(2)3;3*1-3(9)5(10)8-6(11)12-4(2)7-8/h2-11H,1H3;2*3-7H,1-2H3;3*4-7H,1-3H3;3*1-2H3/q;;;3*+1;;;. The highest BCUT2D eigenvalue weighted by Crippen LogP contribution is 2.21. The Kier molecular flexibility index (Phi) is 47.3. The van der Waals surface area contributed by atoms with Crippen LogP contribution in [0.25, 0.3) is 0 Å². The third-order valence-corrected chi connectivity index (χ3v) is 23.1. The summed E-state index contributed by atoms with van der Waals surface area (Å²) in [6.07, 6.45) is 10.9. The van der Waals surface area contributed by atoms with Gasteiger partial charge in [0.1, 0.15) is 15.0 Å². The summed E-state index contributed by atoms with van der Waals surface area (Å²) in [5.74, 6) is -17.1. The van der Waals surface area contributed by atoms with Gasteiger partial charge in [-0.15, -0.1) is 13.7 Å². The predicted molar refractivity (Wildman–Crippen MR) is 506 cm³/mol. The lowest BCUT2D eigenvalue weighted by Crippen LogP contribution is -2.45. The second kappa shape index (κ2) is 54.7. The molecule has 10 aromatic rings. The molecule has 6 aromatic heterocycles. The number of Topliss-reactive ketones (excluding diaryl/α,β-unsaturated/α-hetero) is 9. The fourth-order valence-corrected chi connectivity index (χ4v) is 15.6. The molecule has 51 heteroatoms. The maximum absolute atomic E-state index is 12.6. The van der Waals surface area contributed by atoms with Crippen LogP contribution < -0.4 is 28.4 Å². The molecule has 0 fully saturated rings. The van der Waals surface area contributed by atoms with Crippen LogP contribution in [0.1, 0.15) is 137 Å². The number of amides is 6. The smallest absolute Gasteiger partial charge is 0.377 e.